The van der Waals surface area contributed by atoms with Crippen molar-refractivity contribution in [2.75, 3.05) is 12.3 Å². The molecule has 0 spiro atoms. The van der Waals surface area contributed by atoms with Gasteiger partial charge in [-0.3, -0.25) is 0 Å². The average molecular weight is 353 g/mol. The van der Waals surface area contributed by atoms with E-state index in [1.54, 1.807) is 0 Å². The SMILES string of the molecule is CCCCCCNS(=O)(=O)c1cc(N)cc(Br)c1F. The molecule has 0 saturated carbocycles. The third kappa shape index (κ3) is 4.74. The molecule has 0 fully saturated rings. The van der Waals surface area contributed by atoms with Gasteiger partial charge in [0.1, 0.15) is 4.90 Å². The number of nitrogen functional groups attached to an aromatic ring is 1. The number of unbranched alkanes of at least 4 members (excludes halogenated alkanes) is 3. The highest BCUT2D eigenvalue weighted by molar-refractivity contribution is 9.10. The number of nitrogens with two attached hydrogens (primary N) is 1. The first-order chi connectivity index (χ1) is 8.88. The summed E-state index contributed by atoms with van der Waals surface area (Å²) >= 11 is 2.94. The lowest BCUT2D eigenvalue weighted by Gasteiger charge is -2.09. The minimum absolute atomic E-state index is 0.0406. The lowest BCUT2D eigenvalue weighted by molar-refractivity contribution is 0.550. The molecule has 4 nitrogen and oxygen atoms in total. The molecule has 0 amide bonds. The van der Waals surface area contributed by atoms with E-state index in [9.17, 15) is 12.8 Å². The van der Waals surface area contributed by atoms with E-state index < -0.39 is 20.7 Å². The maximum Gasteiger partial charge on any atom is 0.243 e. The molecule has 1 rings (SSSR count). The van der Waals surface area contributed by atoms with Gasteiger partial charge in [0, 0.05) is 12.2 Å². The van der Waals surface area contributed by atoms with Crippen LogP contribution in [0.3, 0.4) is 0 Å². The van der Waals surface area contributed by atoms with Gasteiger partial charge in [-0.05, 0) is 34.5 Å². The Morgan fingerprint density at radius 2 is 2.00 bits per heavy atom. The summed E-state index contributed by atoms with van der Waals surface area (Å²) < 4.78 is 40.1. The molecule has 0 heterocycles. The zero-order valence-corrected chi connectivity index (χ0v) is 13.2. The van der Waals surface area contributed by atoms with Crippen LogP contribution in [0.4, 0.5) is 10.1 Å². The van der Waals surface area contributed by atoms with Gasteiger partial charge in [0.05, 0.1) is 4.47 Å². The predicted octanol–water partition coefficient (Wildman–Crippen LogP) is 3.03. The van der Waals surface area contributed by atoms with E-state index in [0.717, 1.165) is 31.7 Å². The smallest absolute Gasteiger partial charge is 0.243 e. The van der Waals surface area contributed by atoms with Crippen LogP contribution in [0.25, 0.3) is 0 Å². The number of hydrogen-bond donors (Lipinski definition) is 2. The molecule has 108 valence electrons. The molecule has 0 aliphatic carbocycles. The second kappa shape index (κ2) is 7.21. The van der Waals surface area contributed by atoms with E-state index in [4.69, 9.17) is 5.73 Å². The zero-order valence-electron chi connectivity index (χ0n) is 10.7. The Morgan fingerprint density at radius 3 is 2.63 bits per heavy atom. The van der Waals surface area contributed by atoms with Crippen molar-refractivity contribution in [1.29, 1.82) is 0 Å². The Morgan fingerprint density at radius 1 is 1.32 bits per heavy atom. The van der Waals surface area contributed by atoms with Crippen molar-refractivity contribution < 1.29 is 12.8 Å². The van der Waals surface area contributed by atoms with E-state index in [1.165, 1.54) is 6.07 Å². The summed E-state index contributed by atoms with van der Waals surface area (Å²) in [7, 11) is -3.86. The summed E-state index contributed by atoms with van der Waals surface area (Å²) in [6.07, 6.45) is 3.81. The highest BCUT2D eigenvalue weighted by Gasteiger charge is 2.21. The van der Waals surface area contributed by atoms with Crippen LogP contribution >= 0.6 is 15.9 Å². The van der Waals surface area contributed by atoms with Gasteiger partial charge in [-0.25, -0.2) is 17.5 Å². The van der Waals surface area contributed by atoms with Gasteiger partial charge < -0.3 is 5.73 Å². The molecular weight excluding hydrogens is 335 g/mol. The molecule has 0 saturated heterocycles. The molecular formula is C12H18BrFN2O2S. The second-order valence-electron chi connectivity index (χ2n) is 4.27. The molecule has 0 aliphatic rings. The van der Waals surface area contributed by atoms with Crippen LogP contribution in [0.15, 0.2) is 21.5 Å². The van der Waals surface area contributed by atoms with E-state index in [1.807, 2.05) is 0 Å². The number of benzene rings is 1. The van der Waals surface area contributed by atoms with Gasteiger partial charge >= 0.3 is 0 Å². The van der Waals surface area contributed by atoms with Gasteiger partial charge in [0.25, 0.3) is 0 Å². The lowest BCUT2D eigenvalue weighted by atomic mass is 10.2. The highest BCUT2D eigenvalue weighted by atomic mass is 79.9. The normalized spacial score (nSPS) is 11.7. The molecule has 1 aromatic rings. The first kappa shape index (κ1) is 16.4. The molecule has 0 atom stereocenters. The van der Waals surface area contributed by atoms with Crippen molar-refractivity contribution in [3.63, 3.8) is 0 Å². The lowest BCUT2D eigenvalue weighted by Crippen LogP contribution is -2.26. The first-order valence-electron chi connectivity index (χ1n) is 6.12. The largest absolute Gasteiger partial charge is 0.399 e. The molecule has 0 radical (unpaired) electrons. The Hall–Kier alpha value is -0.660. The van der Waals surface area contributed by atoms with Crippen molar-refractivity contribution >= 4 is 31.6 Å². The summed E-state index contributed by atoms with van der Waals surface area (Å²) in [5.41, 5.74) is 5.72. The van der Waals surface area contributed by atoms with Gasteiger partial charge in [-0.2, -0.15) is 0 Å². The average Bonchev–Trinajstić information content (AvgIpc) is 2.33. The first-order valence-corrected chi connectivity index (χ1v) is 8.40. The van der Waals surface area contributed by atoms with Crippen LogP contribution in [0.5, 0.6) is 0 Å². The van der Waals surface area contributed by atoms with E-state index in [2.05, 4.69) is 27.6 Å². The fourth-order valence-electron chi connectivity index (χ4n) is 1.62. The van der Waals surface area contributed by atoms with Gasteiger partial charge in [-0.1, -0.05) is 26.2 Å². The van der Waals surface area contributed by atoms with Crippen molar-refractivity contribution in [3.8, 4) is 0 Å². The fraction of sp³-hybridized carbons (Fsp3) is 0.500. The summed E-state index contributed by atoms with van der Waals surface area (Å²) in [6, 6.07) is 2.45. The molecule has 0 aromatic heterocycles. The van der Waals surface area contributed by atoms with Crippen molar-refractivity contribution in [1.82, 2.24) is 4.72 Å². The van der Waals surface area contributed by atoms with Gasteiger partial charge in [-0.15, -0.1) is 0 Å². The topological polar surface area (TPSA) is 72.2 Å². The molecule has 0 bridgehead atoms. The third-order valence-corrected chi connectivity index (χ3v) is 4.67. The van der Waals surface area contributed by atoms with Crippen molar-refractivity contribution in [2.24, 2.45) is 0 Å². The van der Waals surface area contributed by atoms with Crippen LogP contribution < -0.4 is 10.5 Å². The Labute approximate surface area is 121 Å². The van der Waals surface area contributed by atoms with Crippen LogP contribution in [0.1, 0.15) is 32.6 Å². The van der Waals surface area contributed by atoms with E-state index in [-0.39, 0.29) is 10.2 Å². The number of halogens is 2. The van der Waals surface area contributed by atoms with Crippen molar-refractivity contribution in [3.05, 3.63) is 22.4 Å². The fourth-order valence-corrected chi connectivity index (χ4v) is 3.43. The molecule has 3 N–H and O–H groups in total. The number of rotatable bonds is 7. The summed E-state index contributed by atoms with van der Waals surface area (Å²) in [5, 5.41) is 0. The van der Waals surface area contributed by atoms with Crippen molar-refractivity contribution in [2.45, 2.75) is 37.5 Å². The monoisotopic (exact) mass is 352 g/mol. The Kier molecular flexibility index (Phi) is 6.22. The minimum atomic E-state index is -3.86. The quantitative estimate of drug-likeness (QED) is 0.585. The van der Waals surface area contributed by atoms with Crippen LogP contribution in [-0.4, -0.2) is 15.0 Å². The second-order valence-corrected chi connectivity index (χ2v) is 6.86. The molecule has 0 aliphatic heterocycles. The number of anilines is 1. The van der Waals surface area contributed by atoms with Crippen LogP contribution in [0, 0.1) is 5.82 Å². The van der Waals surface area contributed by atoms with E-state index in [0.29, 0.717) is 6.54 Å². The molecule has 0 unspecified atom stereocenters. The van der Waals surface area contributed by atoms with Crippen LogP contribution in [0.2, 0.25) is 0 Å². The Bertz CT molecular complexity index is 535. The molecule has 19 heavy (non-hydrogen) atoms. The molecule has 1 aromatic carbocycles. The number of hydrogen-bond acceptors (Lipinski definition) is 3. The van der Waals surface area contributed by atoms with Gasteiger partial charge in [0.2, 0.25) is 10.0 Å². The zero-order chi connectivity index (χ0) is 14.5. The van der Waals surface area contributed by atoms with Crippen LogP contribution in [-0.2, 0) is 10.0 Å². The molecule has 7 heteroatoms. The van der Waals surface area contributed by atoms with E-state index >= 15 is 0 Å². The predicted molar refractivity (Wildman–Crippen MR) is 77.8 cm³/mol. The maximum atomic E-state index is 13.8. The third-order valence-electron chi connectivity index (χ3n) is 2.63. The Balaban J connectivity index is 2.78. The summed E-state index contributed by atoms with van der Waals surface area (Å²) in [5.74, 6) is -0.824. The highest BCUT2D eigenvalue weighted by Crippen LogP contribution is 2.25. The summed E-state index contributed by atoms with van der Waals surface area (Å²) in [6.45, 7) is 2.37. The summed E-state index contributed by atoms with van der Waals surface area (Å²) in [4.78, 5) is -0.421. The maximum absolute atomic E-state index is 13.8. The minimum Gasteiger partial charge on any atom is -0.399 e. The number of sulfonamides is 1. The standard InChI is InChI=1S/C12H18BrFN2O2S/c1-2-3-4-5-6-16-19(17,18)11-8-9(15)7-10(13)12(11)14/h7-8,16H,2-6,15H2,1H3. The number of nitrogens with one attached hydrogen (secondary N) is 1. The van der Waals surface area contributed by atoms with Gasteiger partial charge in [0.15, 0.2) is 5.82 Å².